The molecule has 0 saturated heterocycles. The summed E-state index contributed by atoms with van der Waals surface area (Å²) in [6, 6.07) is 0. The summed E-state index contributed by atoms with van der Waals surface area (Å²) in [5.74, 6) is -0.981. The first-order valence-electron chi connectivity index (χ1n) is 2.56. The maximum absolute atomic E-state index is 11.9. The molecule has 0 aromatic rings. The van der Waals surface area contributed by atoms with Gasteiger partial charge in [-0.25, -0.2) is 4.39 Å². The lowest BCUT2D eigenvalue weighted by molar-refractivity contribution is -0.191. The molecule has 0 aliphatic rings. The summed E-state index contributed by atoms with van der Waals surface area (Å²) < 4.78 is 45.9. The molecule has 0 aromatic heterocycles. The van der Waals surface area contributed by atoms with Gasteiger partial charge in [0.25, 0.3) is 0 Å². The van der Waals surface area contributed by atoms with Gasteiger partial charge in [0.2, 0.25) is 0 Å². The van der Waals surface area contributed by atoms with Crippen molar-refractivity contribution in [1.29, 1.82) is 0 Å². The minimum Gasteiger partial charge on any atom is -0.237 e. The average Bonchev–Trinajstić information content (AvgIpc) is 1.62. The lowest BCUT2D eigenvalue weighted by Crippen LogP contribution is -2.28. The molecule has 0 saturated carbocycles. The monoisotopic (exact) mass is 144 g/mol. The topological polar surface area (TPSA) is 0 Å². The van der Waals surface area contributed by atoms with Gasteiger partial charge < -0.3 is 0 Å². The summed E-state index contributed by atoms with van der Waals surface area (Å²) in [4.78, 5) is 0. The molecule has 0 radical (unpaired) electrons. The molecule has 0 N–H and O–H groups in total. The lowest BCUT2D eigenvalue weighted by Gasteiger charge is -2.14. The zero-order chi connectivity index (χ0) is 7.65. The molecule has 1 atom stereocenters. The van der Waals surface area contributed by atoms with E-state index >= 15 is 0 Å². The van der Waals surface area contributed by atoms with E-state index in [1.54, 1.807) is 0 Å². The van der Waals surface area contributed by atoms with Gasteiger partial charge in [0, 0.05) is 0 Å². The zero-order valence-corrected chi connectivity index (χ0v) is 5.17. The number of halogens is 4. The largest absolute Gasteiger partial charge is 0.419 e. The molecule has 0 amide bonds. The normalized spacial score (nSPS) is 16.3. The van der Waals surface area contributed by atoms with Crippen molar-refractivity contribution in [1.82, 2.24) is 0 Å². The van der Waals surface area contributed by atoms with Crippen molar-refractivity contribution in [3.63, 3.8) is 0 Å². The Morgan fingerprint density at radius 1 is 1.11 bits per heavy atom. The Bertz CT molecular complexity index is 83.4. The van der Waals surface area contributed by atoms with Crippen LogP contribution in [0.4, 0.5) is 17.6 Å². The van der Waals surface area contributed by atoms with E-state index in [-0.39, 0.29) is 0 Å². The van der Waals surface area contributed by atoms with Crippen LogP contribution < -0.4 is 0 Å². The number of hydrogen-bond donors (Lipinski definition) is 0. The number of rotatable bonds is 1. The van der Waals surface area contributed by atoms with Crippen LogP contribution in [-0.4, -0.2) is 12.3 Å². The summed E-state index contributed by atoms with van der Waals surface area (Å²) in [6.45, 7) is 2.39. The molecule has 0 rings (SSSR count). The molecular weight excluding hydrogens is 136 g/mol. The summed E-state index contributed by atoms with van der Waals surface area (Å²) in [5.41, 5.74) is 0. The standard InChI is InChI=1S/C5H8F4/c1-3(2)4(6)5(7,8)9/h3-4H,1-2H3/t4-/m1/s1. The molecule has 0 aliphatic carbocycles. The first kappa shape index (κ1) is 8.72. The molecule has 9 heavy (non-hydrogen) atoms. The van der Waals surface area contributed by atoms with Gasteiger partial charge in [0.05, 0.1) is 0 Å². The molecular formula is C5H8F4. The van der Waals surface area contributed by atoms with E-state index in [0.29, 0.717) is 0 Å². The maximum Gasteiger partial charge on any atom is 0.419 e. The third kappa shape index (κ3) is 2.67. The molecule has 0 fully saturated rings. The van der Waals surface area contributed by atoms with Crippen molar-refractivity contribution in [2.45, 2.75) is 26.2 Å². The Morgan fingerprint density at radius 2 is 1.44 bits per heavy atom. The van der Waals surface area contributed by atoms with Crippen LogP contribution in [0.15, 0.2) is 0 Å². The van der Waals surface area contributed by atoms with Crippen LogP contribution in [0.2, 0.25) is 0 Å². The number of hydrogen-bond acceptors (Lipinski definition) is 0. The van der Waals surface area contributed by atoms with E-state index in [4.69, 9.17) is 0 Å². The highest BCUT2D eigenvalue weighted by Gasteiger charge is 2.41. The molecule has 0 nitrogen and oxygen atoms in total. The zero-order valence-electron chi connectivity index (χ0n) is 5.17. The Kier molecular flexibility index (Phi) is 2.46. The van der Waals surface area contributed by atoms with Crippen LogP contribution in [0.5, 0.6) is 0 Å². The second-order valence-corrected chi connectivity index (χ2v) is 2.19. The quantitative estimate of drug-likeness (QED) is 0.496. The van der Waals surface area contributed by atoms with Crippen molar-refractivity contribution >= 4 is 0 Å². The van der Waals surface area contributed by atoms with Gasteiger partial charge in [-0.1, -0.05) is 13.8 Å². The Balaban J connectivity index is 3.88. The first-order valence-corrected chi connectivity index (χ1v) is 2.56. The number of alkyl halides is 4. The van der Waals surface area contributed by atoms with Crippen molar-refractivity contribution < 1.29 is 17.6 Å². The van der Waals surface area contributed by atoms with Crippen LogP contribution >= 0.6 is 0 Å². The van der Waals surface area contributed by atoms with Gasteiger partial charge >= 0.3 is 6.18 Å². The smallest absolute Gasteiger partial charge is 0.237 e. The summed E-state index contributed by atoms with van der Waals surface area (Å²) in [7, 11) is 0. The fraction of sp³-hybridized carbons (Fsp3) is 1.00. The minimum absolute atomic E-state index is 0.981. The third-order valence-electron chi connectivity index (χ3n) is 0.898. The van der Waals surface area contributed by atoms with Gasteiger partial charge in [0.1, 0.15) is 0 Å². The van der Waals surface area contributed by atoms with E-state index in [2.05, 4.69) is 0 Å². The molecule has 0 bridgehead atoms. The van der Waals surface area contributed by atoms with Crippen LogP contribution in [0, 0.1) is 5.92 Å². The predicted molar refractivity (Wildman–Crippen MR) is 25.8 cm³/mol. The van der Waals surface area contributed by atoms with Gasteiger partial charge in [-0.3, -0.25) is 0 Å². The van der Waals surface area contributed by atoms with Gasteiger partial charge in [-0.05, 0) is 5.92 Å². The second-order valence-electron chi connectivity index (χ2n) is 2.19. The van der Waals surface area contributed by atoms with Crippen molar-refractivity contribution in [2.75, 3.05) is 0 Å². The first-order chi connectivity index (χ1) is 3.85. The van der Waals surface area contributed by atoms with Crippen LogP contribution in [0.25, 0.3) is 0 Å². The minimum atomic E-state index is -4.69. The van der Waals surface area contributed by atoms with E-state index in [1.807, 2.05) is 0 Å². The van der Waals surface area contributed by atoms with Gasteiger partial charge in [0.15, 0.2) is 6.17 Å². The summed E-state index contributed by atoms with van der Waals surface area (Å²) in [6.07, 6.45) is -7.37. The van der Waals surface area contributed by atoms with E-state index < -0.39 is 18.3 Å². The fourth-order valence-corrected chi connectivity index (χ4v) is 0.378. The summed E-state index contributed by atoms with van der Waals surface area (Å²) >= 11 is 0. The van der Waals surface area contributed by atoms with E-state index in [0.717, 1.165) is 0 Å². The van der Waals surface area contributed by atoms with Crippen LogP contribution in [-0.2, 0) is 0 Å². The highest BCUT2D eigenvalue weighted by molar-refractivity contribution is 4.68. The molecule has 0 aromatic carbocycles. The van der Waals surface area contributed by atoms with Crippen LogP contribution in [0.3, 0.4) is 0 Å². The SMILES string of the molecule is CC(C)[C@@H](F)C(F)(F)F. The van der Waals surface area contributed by atoms with E-state index in [9.17, 15) is 17.6 Å². The molecule has 0 aliphatic heterocycles. The Morgan fingerprint density at radius 3 is 1.44 bits per heavy atom. The summed E-state index contributed by atoms with van der Waals surface area (Å²) in [5, 5.41) is 0. The van der Waals surface area contributed by atoms with Crippen molar-refractivity contribution in [2.24, 2.45) is 5.92 Å². The Labute approximate surface area is 50.9 Å². The highest BCUT2D eigenvalue weighted by Crippen LogP contribution is 2.27. The van der Waals surface area contributed by atoms with Gasteiger partial charge in [-0.15, -0.1) is 0 Å². The highest BCUT2D eigenvalue weighted by atomic mass is 19.4. The molecule has 4 heteroatoms. The molecule has 0 spiro atoms. The predicted octanol–water partition coefficient (Wildman–Crippen LogP) is 2.54. The second kappa shape index (κ2) is 2.54. The Hall–Kier alpha value is -0.280. The van der Waals surface area contributed by atoms with Crippen molar-refractivity contribution in [3.05, 3.63) is 0 Å². The molecule has 56 valence electrons. The van der Waals surface area contributed by atoms with Crippen LogP contribution in [0.1, 0.15) is 13.8 Å². The molecule has 0 unspecified atom stereocenters. The van der Waals surface area contributed by atoms with E-state index in [1.165, 1.54) is 13.8 Å². The van der Waals surface area contributed by atoms with Crippen molar-refractivity contribution in [3.8, 4) is 0 Å². The maximum atomic E-state index is 11.9. The third-order valence-corrected chi connectivity index (χ3v) is 0.898. The van der Waals surface area contributed by atoms with Gasteiger partial charge in [-0.2, -0.15) is 13.2 Å². The lowest BCUT2D eigenvalue weighted by atomic mass is 10.1. The molecule has 0 heterocycles. The fourth-order valence-electron chi connectivity index (χ4n) is 0.378. The average molecular weight is 144 g/mol.